The van der Waals surface area contributed by atoms with E-state index in [-0.39, 0.29) is 18.4 Å². The molecule has 7 heteroatoms. The number of carbonyl (C=O) groups is 2. The summed E-state index contributed by atoms with van der Waals surface area (Å²) in [6.45, 7) is 6.35. The summed E-state index contributed by atoms with van der Waals surface area (Å²) in [5.74, 6) is -0.262. The molecule has 0 saturated carbocycles. The number of carbonyl (C=O) groups excluding carboxylic acids is 2. The second-order valence-corrected chi connectivity index (χ2v) is 8.54. The van der Waals surface area contributed by atoms with Gasteiger partial charge in [0.1, 0.15) is 0 Å². The van der Waals surface area contributed by atoms with Gasteiger partial charge in [-0.05, 0) is 49.7 Å². The number of benzene rings is 2. The highest BCUT2D eigenvalue weighted by Gasteiger charge is 2.30. The Morgan fingerprint density at radius 1 is 0.966 bits per heavy atom. The van der Waals surface area contributed by atoms with Gasteiger partial charge in [-0.3, -0.25) is 9.59 Å². The highest BCUT2D eigenvalue weighted by Crippen LogP contribution is 2.25. The Kier molecular flexibility index (Phi) is 6.70. The van der Waals surface area contributed by atoms with Gasteiger partial charge in [0.05, 0.1) is 12.0 Å². The van der Waals surface area contributed by atoms with Crippen LogP contribution in [0.3, 0.4) is 0 Å². The van der Waals surface area contributed by atoms with Crippen LogP contribution in [0, 0.1) is 0 Å². The van der Waals surface area contributed by atoms with E-state index in [1.54, 1.807) is 17.0 Å². The van der Waals surface area contributed by atoms with Gasteiger partial charge in [-0.2, -0.15) is 0 Å². The lowest BCUT2D eigenvalue weighted by Gasteiger charge is -2.36. The average molecular weight is 434 g/mol. The Morgan fingerprint density at radius 2 is 1.62 bits per heavy atom. The zero-order valence-corrected chi connectivity index (χ0v) is 18.1. The largest absolute Gasteiger partial charge is 0.368 e. The Labute approximate surface area is 181 Å². The van der Waals surface area contributed by atoms with Crippen LogP contribution in [-0.4, -0.2) is 49.4 Å². The lowest BCUT2D eigenvalue weighted by Crippen LogP contribution is -2.52. The lowest BCUT2D eigenvalue weighted by atomic mass is 9.84. The van der Waals surface area contributed by atoms with E-state index in [2.05, 4.69) is 10.2 Å². The quantitative estimate of drug-likeness (QED) is 0.780. The van der Waals surface area contributed by atoms with Crippen LogP contribution in [0.2, 0.25) is 10.0 Å². The molecule has 29 heavy (non-hydrogen) atoms. The molecule has 2 amide bonds. The molecule has 0 spiro atoms. The van der Waals surface area contributed by atoms with Gasteiger partial charge >= 0.3 is 0 Å². The Balaban J connectivity index is 1.51. The third-order valence-corrected chi connectivity index (χ3v) is 5.83. The molecule has 3 rings (SSSR count). The van der Waals surface area contributed by atoms with E-state index in [9.17, 15) is 9.59 Å². The monoisotopic (exact) mass is 433 g/mol. The number of nitrogens with zero attached hydrogens (tertiary/aromatic N) is 2. The molecule has 0 radical (unpaired) electrons. The fourth-order valence-electron chi connectivity index (χ4n) is 3.37. The van der Waals surface area contributed by atoms with Gasteiger partial charge in [-0.1, -0.05) is 41.4 Å². The van der Waals surface area contributed by atoms with Crippen molar-refractivity contribution in [2.45, 2.75) is 19.3 Å². The number of amides is 2. The summed E-state index contributed by atoms with van der Waals surface area (Å²) in [6.07, 6.45) is 0. The molecule has 0 aliphatic carbocycles. The molecule has 1 aliphatic heterocycles. The van der Waals surface area contributed by atoms with Crippen molar-refractivity contribution < 1.29 is 9.59 Å². The van der Waals surface area contributed by atoms with E-state index in [0.717, 1.165) is 24.3 Å². The zero-order chi connectivity index (χ0) is 21.0. The molecule has 2 aromatic carbocycles. The van der Waals surface area contributed by atoms with Crippen molar-refractivity contribution in [2.75, 3.05) is 37.6 Å². The maximum absolute atomic E-state index is 12.7. The van der Waals surface area contributed by atoms with Gasteiger partial charge in [0.15, 0.2) is 0 Å². The summed E-state index contributed by atoms with van der Waals surface area (Å²) in [5.41, 5.74) is 1.15. The van der Waals surface area contributed by atoms with Crippen molar-refractivity contribution in [3.05, 3.63) is 64.1 Å². The Bertz CT molecular complexity index is 876. The first-order chi connectivity index (χ1) is 13.8. The zero-order valence-electron chi connectivity index (χ0n) is 16.6. The summed E-state index contributed by atoms with van der Waals surface area (Å²) in [4.78, 5) is 29.2. The van der Waals surface area contributed by atoms with Crippen LogP contribution in [0.4, 0.5) is 5.69 Å². The number of halogens is 2. The topological polar surface area (TPSA) is 52.7 Å². The fourth-order valence-corrected chi connectivity index (χ4v) is 3.68. The second-order valence-electron chi connectivity index (χ2n) is 7.66. The fraction of sp³-hybridized carbons (Fsp3) is 0.364. The lowest BCUT2D eigenvalue weighted by molar-refractivity contribution is -0.134. The molecule has 2 aromatic rings. The van der Waals surface area contributed by atoms with E-state index < -0.39 is 5.41 Å². The van der Waals surface area contributed by atoms with E-state index in [1.165, 1.54) is 0 Å². The summed E-state index contributed by atoms with van der Waals surface area (Å²) < 4.78 is 0. The van der Waals surface area contributed by atoms with E-state index in [0.29, 0.717) is 23.1 Å². The average Bonchev–Trinajstić information content (AvgIpc) is 2.72. The number of anilines is 1. The molecule has 1 N–H and O–H groups in total. The van der Waals surface area contributed by atoms with E-state index >= 15 is 0 Å². The summed E-state index contributed by atoms with van der Waals surface area (Å²) in [5, 5.41) is 4.11. The molecule has 5 nitrogen and oxygen atoms in total. The van der Waals surface area contributed by atoms with Crippen LogP contribution < -0.4 is 10.2 Å². The standard InChI is InChI=1S/C22H25Cl2N3O2/c1-22(2,16-6-8-17(23)9-7-16)21(29)25-15-20(28)27-12-10-26(11-13-27)19-5-3-4-18(24)14-19/h3-9,14H,10-13,15H2,1-2H3,(H,25,29). The SMILES string of the molecule is CC(C)(C(=O)NCC(=O)N1CCN(c2cccc(Cl)c2)CC1)c1ccc(Cl)cc1. The smallest absolute Gasteiger partial charge is 0.242 e. The van der Waals surface area contributed by atoms with Crippen LogP contribution in [0.1, 0.15) is 19.4 Å². The molecule has 0 unspecified atom stereocenters. The summed E-state index contributed by atoms with van der Waals surface area (Å²) in [6, 6.07) is 14.9. The second kappa shape index (κ2) is 9.06. The molecule has 0 bridgehead atoms. The third kappa shape index (κ3) is 5.22. The molecule has 1 aliphatic rings. The highest BCUT2D eigenvalue weighted by atomic mass is 35.5. The molecular formula is C22H25Cl2N3O2. The number of rotatable bonds is 5. The molecule has 0 atom stereocenters. The number of piperazine rings is 1. The first-order valence-electron chi connectivity index (χ1n) is 9.60. The molecule has 1 heterocycles. The maximum atomic E-state index is 12.7. The highest BCUT2D eigenvalue weighted by molar-refractivity contribution is 6.31. The number of hydrogen-bond donors (Lipinski definition) is 1. The number of hydrogen-bond acceptors (Lipinski definition) is 3. The van der Waals surface area contributed by atoms with Crippen molar-refractivity contribution in [2.24, 2.45) is 0 Å². The summed E-state index contributed by atoms with van der Waals surface area (Å²) in [7, 11) is 0. The van der Waals surface area contributed by atoms with E-state index in [4.69, 9.17) is 23.2 Å². The number of nitrogens with one attached hydrogen (secondary N) is 1. The van der Waals surface area contributed by atoms with Crippen LogP contribution in [0.15, 0.2) is 48.5 Å². The van der Waals surface area contributed by atoms with Gasteiger partial charge in [0.2, 0.25) is 11.8 Å². The van der Waals surface area contributed by atoms with Crippen LogP contribution in [0.25, 0.3) is 0 Å². The van der Waals surface area contributed by atoms with Gasteiger partial charge in [-0.15, -0.1) is 0 Å². The molecular weight excluding hydrogens is 409 g/mol. The van der Waals surface area contributed by atoms with Crippen molar-refractivity contribution in [3.8, 4) is 0 Å². The third-order valence-electron chi connectivity index (χ3n) is 5.34. The van der Waals surface area contributed by atoms with Crippen LogP contribution in [-0.2, 0) is 15.0 Å². The predicted molar refractivity (Wildman–Crippen MR) is 118 cm³/mol. The Hall–Kier alpha value is -2.24. The maximum Gasteiger partial charge on any atom is 0.242 e. The van der Waals surface area contributed by atoms with Crippen LogP contribution >= 0.6 is 23.2 Å². The van der Waals surface area contributed by atoms with Crippen LogP contribution in [0.5, 0.6) is 0 Å². The molecule has 1 saturated heterocycles. The minimum absolute atomic E-state index is 0.00693. The Morgan fingerprint density at radius 3 is 2.24 bits per heavy atom. The molecule has 0 aromatic heterocycles. The molecule has 154 valence electrons. The van der Waals surface area contributed by atoms with Crippen molar-refractivity contribution in [1.29, 1.82) is 0 Å². The minimum atomic E-state index is -0.754. The van der Waals surface area contributed by atoms with Crippen molar-refractivity contribution in [1.82, 2.24) is 10.2 Å². The first-order valence-corrected chi connectivity index (χ1v) is 10.4. The van der Waals surface area contributed by atoms with E-state index in [1.807, 2.05) is 50.2 Å². The normalized spacial score (nSPS) is 14.6. The van der Waals surface area contributed by atoms with Gasteiger partial charge < -0.3 is 15.1 Å². The van der Waals surface area contributed by atoms with Crippen molar-refractivity contribution >= 4 is 40.7 Å². The minimum Gasteiger partial charge on any atom is -0.368 e. The predicted octanol–water partition coefficient (Wildman–Crippen LogP) is 3.74. The van der Waals surface area contributed by atoms with Gasteiger partial charge in [0.25, 0.3) is 0 Å². The summed E-state index contributed by atoms with van der Waals surface area (Å²) >= 11 is 12.0. The van der Waals surface area contributed by atoms with Gasteiger partial charge in [0, 0.05) is 41.9 Å². The first kappa shape index (κ1) is 21.5. The van der Waals surface area contributed by atoms with Gasteiger partial charge in [-0.25, -0.2) is 0 Å². The molecule has 1 fully saturated rings. The van der Waals surface area contributed by atoms with Crippen molar-refractivity contribution in [3.63, 3.8) is 0 Å².